The number of carbonyl (C=O) groups excluding carboxylic acids is 1. The van der Waals surface area contributed by atoms with Crippen molar-refractivity contribution in [1.82, 2.24) is 0 Å². The van der Waals surface area contributed by atoms with Crippen molar-refractivity contribution in [3.05, 3.63) is 0 Å². The Morgan fingerprint density at radius 2 is 2.23 bits per heavy atom. The van der Waals surface area contributed by atoms with E-state index in [2.05, 4.69) is 0 Å². The fraction of sp³-hybridized carbons (Fsp3) is 0.778. The number of esters is 1. The monoisotopic (exact) mass is 201 g/mol. The summed E-state index contributed by atoms with van der Waals surface area (Å²) in [6.07, 6.45) is 0.671. The largest absolute Gasteiger partial charge is 0.466 e. The molecule has 0 aliphatic rings. The zero-order valence-corrected chi connectivity index (χ0v) is 9.11. The van der Waals surface area contributed by atoms with Gasteiger partial charge in [0.05, 0.1) is 12.0 Å². The first-order valence-electron chi connectivity index (χ1n) is 4.22. The lowest BCUT2D eigenvalue weighted by atomic mass is 9.90. The predicted octanol–water partition coefficient (Wildman–Crippen LogP) is 2.18. The van der Waals surface area contributed by atoms with Crippen LogP contribution in [0.1, 0.15) is 27.2 Å². The Morgan fingerprint density at radius 3 is 2.69 bits per heavy atom. The van der Waals surface area contributed by atoms with Gasteiger partial charge in [-0.2, -0.15) is 5.26 Å². The van der Waals surface area contributed by atoms with Crippen LogP contribution in [0.5, 0.6) is 0 Å². The van der Waals surface area contributed by atoms with Gasteiger partial charge in [0.2, 0.25) is 0 Å². The van der Waals surface area contributed by atoms with E-state index in [1.54, 1.807) is 6.92 Å². The quantitative estimate of drug-likeness (QED) is 0.388. The normalized spacial score (nSPS) is 10.6. The molecular formula is C9H15NO2S. The molecule has 0 aromatic rings. The summed E-state index contributed by atoms with van der Waals surface area (Å²) in [5, 5.41) is 10.3. The van der Waals surface area contributed by atoms with Crippen LogP contribution in [0.4, 0.5) is 0 Å². The van der Waals surface area contributed by atoms with Crippen LogP contribution in [0.2, 0.25) is 0 Å². The highest BCUT2D eigenvalue weighted by molar-refractivity contribution is 8.03. The average Bonchev–Trinajstić information content (AvgIpc) is 2.05. The van der Waals surface area contributed by atoms with Gasteiger partial charge in [-0.3, -0.25) is 4.79 Å². The second-order valence-electron chi connectivity index (χ2n) is 3.29. The highest BCUT2D eigenvalue weighted by Gasteiger charge is 2.28. The molecule has 0 heterocycles. The maximum Gasteiger partial charge on any atom is 0.311 e. The van der Waals surface area contributed by atoms with E-state index in [-0.39, 0.29) is 5.97 Å². The molecule has 0 N–H and O–H groups in total. The van der Waals surface area contributed by atoms with Gasteiger partial charge in [0.1, 0.15) is 5.40 Å². The molecule has 0 atom stereocenters. The summed E-state index contributed by atoms with van der Waals surface area (Å²) in [4.78, 5) is 11.3. The molecule has 13 heavy (non-hydrogen) atoms. The van der Waals surface area contributed by atoms with Gasteiger partial charge < -0.3 is 4.74 Å². The molecule has 3 nitrogen and oxygen atoms in total. The van der Waals surface area contributed by atoms with Crippen LogP contribution >= 0.6 is 11.8 Å². The number of thioether (sulfide) groups is 1. The second-order valence-corrected chi connectivity index (χ2v) is 4.17. The number of nitrogens with zero attached hydrogens (tertiary/aromatic N) is 1. The molecule has 0 unspecified atom stereocenters. The van der Waals surface area contributed by atoms with Crippen molar-refractivity contribution in [2.24, 2.45) is 5.41 Å². The predicted molar refractivity (Wildman–Crippen MR) is 53.1 cm³/mol. The van der Waals surface area contributed by atoms with Crippen molar-refractivity contribution in [2.75, 3.05) is 12.4 Å². The summed E-state index contributed by atoms with van der Waals surface area (Å²) < 4.78 is 4.91. The van der Waals surface area contributed by atoms with Crippen molar-refractivity contribution in [3.63, 3.8) is 0 Å². The van der Waals surface area contributed by atoms with Crippen LogP contribution in [-0.4, -0.2) is 18.3 Å². The molecule has 0 saturated carbocycles. The standard InChI is InChI=1S/C9H15NO2S/c1-4-12-8(11)9(2,3)5-6-13-7-10/h4-6H2,1-3H3. The minimum absolute atomic E-state index is 0.187. The minimum Gasteiger partial charge on any atom is -0.466 e. The smallest absolute Gasteiger partial charge is 0.311 e. The maximum atomic E-state index is 11.3. The van der Waals surface area contributed by atoms with Gasteiger partial charge in [-0.25, -0.2) is 0 Å². The lowest BCUT2D eigenvalue weighted by molar-refractivity contribution is -0.153. The van der Waals surface area contributed by atoms with E-state index < -0.39 is 5.41 Å². The van der Waals surface area contributed by atoms with Gasteiger partial charge in [0.25, 0.3) is 0 Å². The molecule has 0 aliphatic carbocycles. The first-order chi connectivity index (χ1) is 6.04. The fourth-order valence-electron chi connectivity index (χ4n) is 0.780. The summed E-state index contributed by atoms with van der Waals surface area (Å²) in [5.74, 6) is 0.482. The third kappa shape index (κ3) is 4.79. The first kappa shape index (κ1) is 12.3. The molecule has 74 valence electrons. The third-order valence-corrected chi connectivity index (χ3v) is 2.26. The molecule has 0 aromatic carbocycles. The van der Waals surface area contributed by atoms with Gasteiger partial charge in [-0.05, 0) is 39.0 Å². The molecule has 0 spiro atoms. The molecule has 0 bridgehead atoms. The summed E-state index contributed by atoms with van der Waals surface area (Å²) in [6.45, 7) is 5.87. The Labute approximate surface area is 83.4 Å². The third-order valence-electron chi connectivity index (χ3n) is 1.72. The zero-order valence-electron chi connectivity index (χ0n) is 8.29. The molecule has 0 saturated heterocycles. The van der Waals surface area contributed by atoms with Crippen LogP contribution in [0.25, 0.3) is 0 Å². The molecule has 0 radical (unpaired) electrons. The van der Waals surface area contributed by atoms with Gasteiger partial charge in [0.15, 0.2) is 0 Å². The molecule has 0 amide bonds. The van der Waals surface area contributed by atoms with Gasteiger partial charge in [-0.15, -0.1) is 0 Å². The van der Waals surface area contributed by atoms with Gasteiger partial charge in [-0.1, -0.05) is 0 Å². The van der Waals surface area contributed by atoms with E-state index in [0.717, 1.165) is 0 Å². The van der Waals surface area contributed by atoms with Crippen LogP contribution in [-0.2, 0) is 9.53 Å². The van der Waals surface area contributed by atoms with Crippen molar-refractivity contribution in [1.29, 1.82) is 5.26 Å². The van der Waals surface area contributed by atoms with E-state index in [1.807, 2.05) is 19.2 Å². The molecule has 0 aliphatic heterocycles. The molecular weight excluding hydrogens is 186 g/mol. The molecule has 0 aromatic heterocycles. The van der Waals surface area contributed by atoms with Crippen LogP contribution < -0.4 is 0 Å². The molecule has 0 fully saturated rings. The summed E-state index contributed by atoms with van der Waals surface area (Å²) in [7, 11) is 0. The van der Waals surface area contributed by atoms with Crippen molar-refractivity contribution >= 4 is 17.7 Å². The number of hydrogen-bond donors (Lipinski definition) is 0. The van der Waals surface area contributed by atoms with E-state index in [9.17, 15) is 4.79 Å². The molecule has 4 heteroatoms. The van der Waals surface area contributed by atoms with Crippen molar-refractivity contribution in [2.45, 2.75) is 27.2 Å². The number of thiocyanates is 1. The van der Waals surface area contributed by atoms with E-state index in [4.69, 9.17) is 10.00 Å². The number of ether oxygens (including phenoxy) is 1. The van der Waals surface area contributed by atoms with Crippen molar-refractivity contribution in [3.8, 4) is 5.40 Å². The SMILES string of the molecule is CCOC(=O)C(C)(C)CCSC#N. The van der Waals surface area contributed by atoms with Crippen LogP contribution in [0.15, 0.2) is 0 Å². The molecule has 0 rings (SSSR count). The number of carbonyl (C=O) groups is 1. The van der Waals surface area contributed by atoms with E-state index in [0.29, 0.717) is 18.8 Å². The second kappa shape index (κ2) is 5.87. The Balaban J connectivity index is 3.92. The lowest BCUT2D eigenvalue weighted by Gasteiger charge is -2.20. The van der Waals surface area contributed by atoms with Crippen molar-refractivity contribution < 1.29 is 9.53 Å². The van der Waals surface area contributed by atoms with Gasteiger partial charge >= 0.3 is 5.97 Å². The van der Waals surface area contributed by atoms with E-state index in [1.165, 1.54) is 11.8 Å². The number of hydrogen-bond acceptors (Lipinski definition) is 4. The summed E-state index contributed by atoms with van der Waals surface area (Å²) in [5.41, 5.74) is -0.472. The van der Waals surface area contributed by atoms with E-state index >= 15 is 0 Å². The van der Waals surface area contributed by atoms with Crippen LogP contribution in [0.3, 0.4) is 0 Å². The Bertz CT molecular complexity index is 208. The lowest BCUT2D eigenvalue weighted by Crippen LogP contribution is -2.27. The Morgan fingerprint density at radius 1 is 1.62 bits per heavy atom. The first-order valence-corrected chi connectivity index (χ1v) is 5.21. The number of rotatable bonds is 5. The average molecular weight is 201 g/mol. The fourth-order valence-corrected chi connectivity index (χ4v) is 1.48. The zero-order chi connectivity index (χ0) is 10.3. The Hall–Kier alpha value is -0.690. The Kier molecular flexibility index (Phi) is 5.56. The maximum absolute atomic E-state index is 11.3. The topological polar surface area (TPSA) is 50.1 Å². The summed E-state index contributed by atoms with van der Waals surface area (Å²) >= 11 is 1.17. The highest BCUT2D eigenvalue weighted by Crippen LogP contribution is 2.24. The highest BCUT2D eigenvalue weighted by atomic mass is 32.2. The van der Waals surface area contributed by atoms with Gasteiger partial charge in [0, 0.05) is 5.75 Å². The van der Waals surface area contributed by atoms with Crippen LogP contribution in [0, 0.1) is 16.1 Å². The number of nitriles is 1. The minimum atomic E-state index is -0.472. The summed E-state index contributed by atoms with van der Waals surface area (Å²) in [6, 6.07) is 0.